The molecule has 3 aliphatic rings. The lowest BCUT2D eigenvalue weighted by molar-refractivity contribution is 0.0943. The lowest BCUT2D eigenvalue weighted by Crippen LogP contribution is -2.37. The summed E-state index contributed by atoms with van der Waals surface area (Å²) in [6.45, 7) is 5.38. The van der Waals surface area contributed by atoms with Gasteiger partial charge in [-0.1, -0.05) is 0 Å². The first-order valence-electron chi connectivity index (χ1n) is 13.7. The smallest absolute Gasteiger partial charge is 0.321 e. The summed E-state index contributed by atoms with van der Waals surface area (Å²) in [6, 6.07) is 4.31. The second-order valence-corrected chi connectivity index (χ2v) is 10.6. The quantitative estimate of drug-likeness (QED) is 0.442. The number of nitriles is 1. The lowest BCUT2D eigenvalue weighted by atomic mass is 9.98. The van der Waals surface area contributed by atoms with Crippen LogP contribution in [0.5, 0.6) is 11.8 Å². The average molecular weight is 549 g/mol. The number of aromatic nitrogens is 4. The fourth-order valence-electron chi connectivity index (χ4n) is 4.94. The molecular formula is C27H36N10O3. The monoisotopic (exact) mass is 548 g/mol. The molecule has 13 heteroatoms. The predicted molar refractivity (Wildman–Crippen MR) is 148 cm³/mol. The molecule has 0 unspecified atom stereocenters. The van der Waals surface area contributed by atoms with Crippen LogP contribution in [0.15, 0.2) is 18.5 Å². The minimum atomic E-state index is -0.375. The van der Waals surface area contributed by atoms with Crippen molar-refractivity contribution in [2.24, 2.45) is 17.8 Å². The van der Waals surface area contributed by atoms with E-state index in [1.807, 2.05) is 32.0 Å². The molecule has 0 bridgehead atoms. The van der Waals surface area contributed by atoms with Crippen LogP contribution in [0, 0.1) is 29.1 Å². The van der Waals surface area contributed by atoms with E-state index in [9.17, 15) is 4.79 Å². The Morgan fingerprint density at radius 1 is 1.20 bits per heavy atom. The van der Waals surface area contributed by atoms with Crippen LogP contribution < -0.4 is 25.4 Å². The number of nitrogens with one attached hydrogen (secondary N) is 1. The number of nitrogens with two attached hydrogens (primary N) is 1. The van der Waals surface area contributed by atoms with Crippen molar-refractivity contribution < 1.29 is 14.3 Å². The molecule has 40 heavy (non-hydrogen) atoms. The number of nitrogens with zero attached hydrogens (tertiary/aromatic N) is 8. The Kier molecular flexibility index (Phi) is 8.04. The van der Waals surface area contributed by atoms with Crippen LogP contribution in [0.1, 0.15) is 42.4 Å². The zero-order valence-electron chi connectivity index (χ0n) is 23.2. The molecule has 2 fully saturated rings. The van der Waals surface area contributed by atoms with Gasteiger partial charge in [0.2, 0.25) is 11.8 Å². The highest BCUT2D eigenvalue weighted by atomic mass is 16.5. The minimum absolute atomic E-state index is 0.0156. The average Bonchev–Trinajstić information content (AvgIpc) is 3.65. The third-order valence-electron chi connectivity index (χ3n) is 7.40. The van der Waals surface area contributed by atoms with Crippen LogP contribution in [0.25, 0.3) is 5.70 Å². The van der Waals surface area contributed by atoms with Gasteiger partial charge in [-0.2, -0.15) is 20.2 Å². The summed E-state index contributed by atoms with van der Waals surface area (Å²) in [7, 11) is 4.07. The van der Waals surface area contributed by atoms with Gasteiger partial charge in [0.1, 0.15) is 0 Å². The Bertz CT molecular complexity index is 1300. The zero-order chi connectivity index (χ0) is 28.2. The number of rotatable bonds is 10. The van der Waals surface area contributed by atoms with Gasteiger partial charge in [0, 0.05) is 57.6 Å². The lowest BCUT2D eigenvalue weighted by Gasteiger charge is -2.32. The maximum absolute atomic E-state index is 12.5. The number of piperidine rings is 1. The maximum Gasteiger partial charge on any atom is 0.321 e. The van der Waals surface area contributed by atoms with Gasteiger partial charge in [-0.15, -0.1) is 0 Å². The Hall–Kier alpha value is -4.34. The van der Waals surface area contributed by atoms with Crippen molar-refractivity contribution in [3.05, 3.63) is 29.9 Å². The van der Waals surface area contributed by atoms with E-state index in [2.05, 4.69) is 47.3 Å². The van der Waals surface area contributed by atoms with Crippen molar-refractivity contribution in [2.45, 2.75) is 26.2 Å². The molecule has 0 aromatic carbocycles. The van der Waals surface area contributed by atoms with E-state index in [1.165, 1.54) is 0 Å². The molecule has 2 aliphatic heterocycles. The zero-order valence-corrected chi connectivity index (χ0v) is 23.2. The van der Waals surface area contributed by atoms with Gasteiger partial charge in [-0.05, 0) is 38.2 Å². The first kappa shape index (κ1) is 27.2. The van der Waals surface area contributed by atoms with Crippen LogP contribution in [-0.2, 0) is 0 Å². The van der Waals surface area contributed by atoms with E-state index in [0.29, 0.717) is 56.3 Å². The predicted octanol–water partition coefficient (Wildman–Crippen LogP) is 1.57. The van der Waals surface area contributed by atoms with Gasteiger partial charge < -0.3 is 35.2 Å². The molecule has 1 saturated heterocycles. The van der Waals surface area contributed by atoms with Crippen LogP contribution in [-0.4, -0.2) is 89.3 Å². The first-order valence-corrected chi connectivity index (χ1v) is 13.7. The van der Waals surface area contributed by atoms with Crippen molar-refractivity contribution in [3.8, 4) is 17.8 Å². The molecule has 4 heterocycles. The fraction of sp³-hybridized carbons (Fsp3) is 0.556. The number of carbonyl (C=O) groups excluding carboxylic acids is 1. The molecule has 2 atom stereocenters. The Balaban J connectivity index is 1.20. The summed E-state index contributed by atoms with van der Waals surface area (Å²) in [5.41, 5.74) is 8.17. The van der Waals surface area contributed by atoms with E-state index in [4.69, 9.17) is 20.5 Å². The van der Waals surface area contributed by atoms with E-state index in [1.54, 1.807) is 6.20 Å². The van der Waals surface area contributed by atoms with E-state index in [-0.39, 0.29) is 29.6 Å². The molecule has 212 valence electrons. The molecule has 5 rings (SSSR count). The van der Waals surface area contributed by atoms with Crippen molar-refractivity contribution in [2.75, 3.05) is 64.2 Å². The molecule has 0 radical (unpaired) electrons. The van der Waals surface area contributed by atoms with Crippen LogP contribution in [0.2, 0.25) is 0 Å². The fourth-order valence-corrected chi connectivity index (χ4v) is 4.94. The van der Waals surface area contributed by atoms with Gasteiger partial charge >= 0.3 is 6.01 Å². The second-order valence-electron chi connectivity index (χ2n) is 10.6. The van der Waals surface area contributed by atoms with Crippen LogP contribution in [0.3, 0.4) is 0 Å². The highest BCUT2D eigenvalue weighted by molar-refractivity contribution is 5.90. The van der Waals surface area contributed by atoms with Crippen molar-refractivity contribution in [3.63, 3.8) is 0 Å². The number of anilines is 2. The van der Waals surface area contributed by atoms with Crippen molar-refractivity contribution in [1.29, 1.82) is 5.26 Å². The number of carbonyl (C=O) groups is 1. The SMILES string of the molecule is CCNC(=O)c1nc(OC[C@H]2C[C@H]2C#N)nc(N2CCC(COc3cc(C4=CN(C)CN4C)cnc3N)CC2)n1. The summed E-state index contributed by atoms with van der Waals surface area (Å²) in [4.78, 5) is 36.3. The third kappa shape index (κ3) is 6.27. The standard InChI is InChI=1S/C27H36N10O3/c1-4-30-25(38)24-32-26(34-27(33-24)40-15-20-9-18(20)11-28)37-7-5-17(6-8-37)14-39-22-10-19(12-31-23(22)29)21-13-35(2)16-36(21)3/h10,12-13,17-18,20H,4-9,14-16H2,1-3H3,(H2,29,31)(H,30,38)/t18-,20+/m0/s1. The largest absolute Gasteiger partial charge is 0.489 e. The Labute approximate surface area is 234 Å². The molecule has 0 spiro atoms. The highest BCUT2D eigenvalue weighted by Crippen LogP contribution is 2.37. The third-order valence-corrected chi connectivity index (χ3v) is 7.40. The number of nitrogen functional groups attached to an aromatic ring is 1. The second kappa shape index (κ2) is 11.8. The summed E-state index contributed by atoms with van der Waals surface area (Å²) in [5, 5.41) is 11.8. The number of hydrogen-bond acceptors (Lipinski definition) is 12. The van der Waals surface area contributed by atoms with E-state index < -0.39 is 0 Å². The van der Waals surface area contributed by atoms with Gasteiger partial charge in [0.25, 0.3) is 5.91 Å². The molecule has 3 N–H and O–H groups in total. The van der Waals surface area contributed by atoms with E-state index >= 15 is 0 Å². The number of pyridine rings is 1. The highest BCUT2D eigenvalue weighted by Gasteiger charge is 2.38. The molecule has 1 aliphatic carbocycles. The van der Waals surface area contributed by atoms with Gasteiger partial charge in [-0.3, -0.25) is 4.79 Å². The Morgan fingerprint density at radius 2 is 2.00 bits per heavy atom. The topological polar surface area (TPSA) is 159 Å². The van der Waals surface area contributed by atoms with Crippen LogP contribution in [0.4, 0.5) is 11.8 Å². The molecule has 2 aromatic heterocycles. The van der Waals surface area contributed by atoms with Gasteiger partial charge in [0.15, 0.2) is 11.6 Å². The van der Waals surface area contributed by atoms with Gasteiger partial charge in [-0.25, -0.2) is 4.98 Å². The normalized spacial score (nSPS) is 20.6. The number of hydrogen-bond donors (Lipinski definition) is 2. The summed E-state index contributed by atoms with van der Waals surface area (Å²) in [6.07, 6.45) is 6.38. The molecule has 1 amide bonds. The summed E-state index contributed by atoms with van der Waals surface area (Å²) in [5.74, 6) is 1.54. The van der Waals surface area contributed by atoms with Crippen LogP contribution >= 0.6 is 0 Å². The number of amides is 1. The van der Waals surface area contributed by atoms with Gasteiger partial charge in [0.05, 0.1) is 37.6 Å². The maximum atomic E-state index is 12.5. The van der Waals surface area contributed by atoms with Crippen molar-refractivity contribution >= 4 is 23.4 Å². The summed E-state index contributed by atoms with van der Waals surface area (Å²) >= 11 is 0. The molecule has 13 nitrogen and oxygen atoms in total. The number of ether oxygens (including phenoxy) is 2. The van der Waals surface area contributed by atoms with Crippen molar-refractivity contribution in [1.82, 2.24) is 35.1 Å². The molecular weight excluding hydrogens is 512 g/mol. The molecule has 1 saturated carbocycles. The Morgan fingerprint density at radius 3 is 2.67 bits per heavy atom. The minimum Gasteiger partial charge on any atom is -0.489 e. The van der Waals surface area contributed by atoms with E-state index in [0.717, 1.165) is 37.2 Å². The summed E-state index contributed by atoms with van der Waals surface area (Å²) < 4.78 is 11.9. The molecule has 2 aromatic rings. The first-order chi connectivity index (χ1) is 19.3.